The maximum absolute atomic E-state index is 10.1. The predicted molar refractivity (Wildman–Crippen MR) is 77.7 cm³/mol. The SMILES string of the molecule is CNc1ncnc(N2CCC(C)C(O)C2)c1C(C)C. The van der Waals surface area contributed by atoms with Crippen LogP contribution in [0.2, 0.25) is 0 Å². The van der Waals surface area contributed by atoms with Crippen molar-refractivity contribution < 1.29 is 5.11 Å². The molecule has 19 heavy (non-hydrogen) atoms. The van der Waals surface area contributed by atoms with Gasteiger partial charge in [-0.05, 0) is 18.3 Å². The number of nitrogens with zero attached hydrogens (tertiary/aromatic N) is 3. The molecule has 2 N–H and O–H groups in total. The lowest BCUT2D eigenvalue weighted by Gasteiger charge is -2.36. The fourth-order valence-electron chi connectivity index (χ4n) is 2.61. The zero-order valence-corrected chi connectivity index (χ0v) is 12.2. The van der Waals surface area contributed by atoms with Crippen molar-refractivity contribution in [2.75, 3.05) is 30.4 Å². The van der Waals surface area contributed by atoms with Gasteiger partial charge in [-0.3, -0.25) is 0 Å². The third-order valence-corrected chi connectivity index (χ3v) is 3.90. The first kappa shape index (κ1) is 14.1. The summed E-state index contributed by atoms with van der Waals surface area (Å²) in [5.74, 6) is 2.55. The number of piperidine rings is 1. The summed E-state index contributed by atoms with van der Waals surface area (Å²) in [7, 11) is 1.88. The van der Waals surface area contributed by atoms with E-state index >= 15 is 0 Å². The Labute approximate surface area is 115 Å². The van der Waals surface area contributed by atoms with Crippen LogP contribution in [-0.2, 0) is 0 Å². The minimum Gasteiger partial charge on any atom is -0.391 e. The highest BCUT2D eigenvalue weighted by atomic mass is 16.3. The molecule has 0 aromatic carbocycles. The zero-order valence-electron chi connectivity index (χ0n) is 12.2. The molecule has 1 aromatic rings. The second kappa shape index (κ2) is 5.74. The van der Waals surface area contributed by atoms with Crippen molar-refractivity contribution in [2.45, 2.75) is 39.2 Å². The first-order valence-corrected chi connectivity index (χ1v) is 7.00. The van der Waals surface area contributed by atoms with Gasteiger partial charge in [0, 0.05) is 25.7 Å². The van der Waals surface area contributed by atoms with Crippen LogP contribution in [0.5, 0.6) is 0 Å². The van der Waals surface area contributed by atoms with Crippen molar-refractivity contribution in [1.82, 2.24) is 9.97 Å². The van der Waals surface area contributed by atoms with Gasteiger partial charge in [0.25, 0.3) is 0 Å². The first-order valence-electron chi connectivity index (χ1n) is 7.00. The van der Waals surface area contributed by atoms with E-state index in [1.807, 2.05) is 7.05 Å². The van der Waals surface area contributed by atoms with E-state index in [1.54, 1.807) is 6.33 Å². The summed E-state index contributed by atoms with van der Waals surface area (Å²) in [6, 6.07) is 0. The van der Waals surface area contributed by atoms with E-state index in [-0.39, 0.29) is 6.10 Å². The first-order chi connectivity index (χ1) is 9.04. The van der Waals surface area contributed by atoms with Crippen molar-refractivity contribution in [3.05, 3.63) is 11.9 Å². The highest BCUT2D eigenvalue weighted by molar-refractivity contribution is 5.60. The Kier molecular flexibility index (Phi) is 4.24. The molecule has 5 nitrogen and oxygen atoms in total. The third kappa shape index (κ3) is 2.81. The summed E-state index contributed by atoms with van der Waals surface area (Å²) in [4.78, 5) is 10.9. The number of rotatable bonds is 3. The minimum atomic E-state index is -0.276. The molecular formula is C14H24N4O. The number of β-amino-alcohol motifs (C(OH)–C–C–N with tert-alkyl or cyclic N) is 1. The quantitative estimate of drug-likeness (QED) is 0.872. The van der Waals surface area contributed by atoms with Gasteiger partial charge in [0.15, 0.2) is 0 Å². The molecule has 0 amide bonds. The smallest absolute Gasteiger partial charge is 0.137 e. The van der Waals surface area contributed by atoms with Gasteiger partial charge >= 0.3 is 0 Å². The number of aromatic nitrogens is 2. The minimum absolute atomic E-state index is 0.276. The summed E-state index contributed by atoms with van der Waals surface area (Å²) in [6.45, 7) is 7.99. The molecule has 0 saturated carbocycles. The van der Waals surface area contributed by atoms with Gasteiger partial charge in [-0.15, -0.1) is 0 Å². The Morgan fingerprint density at radius 2 is 2.16 bits per heavy atom. The summed E-state index contributed by atoms with van der Waals surface area (Å²) in [5, 5.41) is 13.2. The van der Waals surface area contributed by atoms with Crippen LogP contribution < -0.4 is 10.2 Å². The average Bonchev–Trinajstić information content (AvgIpc) is 2.40. The van der Waals surface area contributed by atoms with E-state index in [2.05, 4.69) is 41.0 Å². The van der Waals surface area contributed by atoms with Gasteiger partial charge < -0.3 is 15.3 Å². The standard InChI is InChI=1S/C14H24N4O/c1-9(2)12-13(15-4)16-8-17-14(12)18-6-5-10(3)11(19)7-18/h8-11,19H,5-7H2,1-4H3,(H,15,16,17). The zero-order chi connectivity index (χ0) is 14.0. The fraction of sp³-hybridized carbons (Fsp3) is 0.714. The molecule has 1 aliphatic heterocycles. The van der Waals surface area contributed by atoms with Gasteiger partial charge in [0.1, 0.15) is 18.0 Å². The van der Waals surface area contributed by atoms with E-state index in [0.29, 0.717) is 18.4 Å². The van der Waals surface area contributed by atoms with Gasteiger partial charge in [-0.1, -0.05) is 20.8 Å². The monoisotopic (exact) mass is 264 g/mol. The molecule has 1 aliphatic rings. The molecular weight excluding hydrogens is 240 g/mol. The summed E-state index contributed by atoms with van der Waals surface area (Å²) in [5.41, 5.74) is 1.13. The Morgan fingerprint density at radius 3 is 2.74 bits per heavy atom. The van der Waals surface area contributed by atoms with Gasteiger partial charge in [0.05, 0.1) is 6.10 Å². The molecule has 5 heteroatoms. The van der Waals surface area contributed by atoms with Crippen LogP contribution >= 0.6 is 0 Å². The molecule has 1 fully saturated rings. The molecule has 0 bridgehead atoms. The van der Waals surface area contributed by atoms with Gasteiger partial charge in [-0.2, -0.15) is 0 Å². The van der Waals surface area contributed by atoms with Crippen molar-refractivity contribution in [3.8, 4) is 0 Å². The summed E-state index contributed by atoms with van der Waals surface area (Å²) >= 11 is 0. The van der Waals surface area contributed by atoms with Crippen LogP contribution in [0, 0.1) is 5.92 Å². The second-order valence-electron chi connectivity index (χ2n) is 5.64. The number of aliphatic hydroxyl groups excluding tert-OH is 1. The molecule has 0 radical (unpaired) electrons. The molecule has 2 atom stereocenters. The normalized spacial score (nSPS) is 23.8. The molecule has 2 heterocycles. The van der Waals surface area contributed by atoms with Crippen LogP contribution in [0.15, 0.2) is 6.33 Å². The van der Waals surface area contributed by atoms with Gasteiger partial charge in [0.2, 0.25) is 0 Å². The van der Waals surface area contributed by atoms with Gasteiger partial charge in [-0.25, -0.2) is 9.97 Å². The van der Waals surface area contributed by atoms with Crippen LogP contribution in [0.1, 0.15) is 38.7 Å². The van der Waals surface area contributed by atoms with Crippen LogP contribution in [-0.4, -0.2) is 41.3 Å². The maximum atomic E-state index is 10.1. The number of hydrogen-bond acceptors (Lipinski definition) is 5. The lowest BCUT2D eigenvalue weighted by atomic mass is 9.95. The molecule has 0 spiro atoms. The average molecular weight is 264 g/mol. The molecule has 0 aliphatic carbocycles. The van der Waals surface area contributed by atoms with Crippen molar-refractivity contribution in [1.29, 1.82) is 0 Å². The molecule has 1 saturated heterocycles. The fourth-order valence-corrected chi connectivity index (χ4v) is 2.61. The van der Waals surface area contributed by atoms with E-state index in [4.69, 9.17) is 0 Å². The number of hydrogen-bond donors (Lipinski definition) is 2. The third-order valence-electron chi connectivity index (χ3n) is 3.90. The lowest BCUT2D eigenvalue weighted by molar-refractivity contribution is 0.102. The topological polar surface area (TPSA) is 61.3 Å². The number of anilines is 2. The highest BCUT2D eigenvalue weighted by Crippen LogP contribution is 2.32. The molecule has 2 rings (SSSR count). The van der Waals surface area contributed by atoms with E-state index in [0.717, 1.165) is 30.2 Å². The lowest BCUT2D eigenvalue weighted by Crippen LogP contribution is -2.43. The number of nitrogens with one attached hydrogen (secondary N) is 1. The maximum Gasteiger partial charge on any atom is 0.137 e. The van der Waals surface area contributed by atoms with Crippen molar-refractivity contribution in [3.63, 3.8) is 0 Å². The Hall–Kier alpha value is -1.36. The molecule has 106 valence electrons. The highest BCUT2D eigenvalue weighted by Gasteiger charge is 2.27. The summed E-state index contributed by atoms with van der Waals surface area (Å²) < 4.78 is 0. The van der Waals surface area contributed by atoms with Crippen LogP contribution in [0.4, 0.5) is 11.6 Å². The molecule has 1 aromatic heterocycles. The Morgan fingerprint density at radius 1 is 1.42 bits per heavy atom. The molecule has 2 unspecified atom stereocenters. The summed E-state index contributed by atoms with van der Waals surface area (Å²) in [6.07, 6.45) is 2.32. The number of aliphatic hydroxyl groups is 1. The predicted octanol–water partition coefficient (Wildman–Crippen LogP) is 1.85. The largest absolute Gasteiger partial charge is 0.391 e. The van der Waals surface area contributed by atoms with Crippen molar-refractivity contribution in [2.24, 2.45) is 5.92 Å². The van der Waals surface area contributed by atoms with Crippen LogP contribution in [0.3, 0.4) is 0 Å². The van der Waals surface area contributed by atoms with E-state index in [1.165, 1.54) is 0 Å². The van der Waals surface area contributed by atoms with E-state index in [9.17, 15) is 5.11 Å². The van der Waals surface area contributed by atoms with Crippen LogP contribution in [0.25, 0.3) is 0 Å². The Bertz CT molecular complexity index is 435. The Balaban J connectivity index is 2.34. The van der Waals surface area contributed by atoms with Crippen molar-refractivity contribution >= 4 is 11.6 Å². The second-order valence-corrected chi connectivity index (χ2v) is 5.64. The van der Waals surface area contributed by atoms with E-state index < -0.39 is 0 Å².